The second-order valence-corrected chi connectivity index (χ2v) is 11.8. The number of nitrogens with one attached hydrogen (secondary N) is 2. The van der Waals surface area contributed by atoms with Crippen LogP contribution in [-0.2, 0) is 14.3 Å². The van der Waals surface area contributed by atoms with Gasteiger partial charge in [-0.3, -0.25) is 9.69 Å². The third-order valence-corrected chi connectivity index (χ3v) is 9.03. The van der Waals surface area contributed by atoms with Crippen LogP contribution in [0, 0.1) is 5.92 Å². The summed E-state index contributed by atoms with van der Waals surface area (Å²) in [6, 6.07) is 3.90. The highest BCUT2D eigenvalue weighted by molar-refractivity contribution is 6.41. The Morgan fingerprint density at radius 3 is 2.49 bits per heavy atom. The molecule has 1 unspecified atom stereocenters. The number of ether oxygens (including phenoxy) is 4. The van der Waals surface area contributed by atoms with Crippen molar-refractivity contribution in [3.05, 3.63) is 41.0 Å². The molecule has 43 heavy (non-hydrogen) atoms. The molecule has 11 nitrogen and oxygen atoms in total. The van der Waals surface area contributed by atoms with E-state index in [9.17, 15) is 4.79 Å². The number of methoxy groups -OCH3 is 2. The summed E-state index contributed by atoms with van der Waals surface area (Å²) in [5.74, 6) is 1.96. The summed E-state index contributed by atoms with van der Waals surface area (Å²) in [6.45, 7) is 7.86. The minimum atomic E-state index is -0.0179. The topological polar surface area (TPSA) is 120 Å². The van der Waals surface area contributed by atoms with Gasteiger partial charge in [0.25, 0.3) is 0 Å². The maximum atomic E-state index is 12.3. The fraction of sp³-hybridized carbons (Fsp3) is 0.467. The average molecular weight is 630 g/mol. The van der Waals surface area contributed by atoms with Gasteiger partial charge >= 0.3 is 0 Å². The van der Waals surface area contributed by atoms with Crippen LogP contribution < -0.4 is 20.1 Å². The van der Waals surface area contributed by atoms with Crippen LogP contribution in [0.25, 0.3) is 22.2 Å². The van der Waals surface area contributed by atoms with Gasteiger partial charge in [0.05, 0.1) is 61.9 Å². The van der Waals surface area contributed by atoms with Crippen molar-refractivity contribution in [2.75, 3.05) is 64.4 Å². The lowest BCUT2D eigenvalue weighted by molar-refractivity contribution is -0.115. The Balaban J connectivity index is 1.37. The van der Waals surface area contributed by atoms with Crippen LogP contribution in [0.1, 0.15) is 12.8 Å². The van der Waals surface area contributed by atoms with E-state index in [0.717, 1.165) is 24.9 Å². The molecule has 5 heterocycles. The van der Waals surface area contributed by atoms with Crippen LogP contribution in [0.15, 0.2) is 31.0 Å². The number of benzene rings is 1. The summed E-state index contributed by atoms with van der Waals surface area (Å²) in [6.07, 6.45) is 4.38. The van der Waals surface area contributed by atoms with E-state index in [1.54, 1.807) is 12.3 Å². The Bertz CT molecular complexity index is 1500. The van der Waals surface area contributed by atoms with Gasteiger partial charge in [-0.25, -0.2) is 15.0 Å². The number of likely N-dealkylation sites (tertiary alicyclic amines) is 1. The maximum Gasteiger partial charge on any atom is 0.223 e. The van der Waals surface area contributed by atoms with Crippen LogP contribution >= 0.6 is 23.2 Å². The number of allylic oxidation sites excluding steroid dienone is 1. The minimum absolute atomic E-state index is 0.0179. The zero-order chi connectivity index (χ0) is 30.1. The van der Waals surface area contributed by atoms with E-state index >= 15 is 0 Å². The first-order chi connectivity index (χ1) is 20.9. The molecule has 3 aliphatic heterocycles. The van der Waals surface area contributed by atoms with Gasteiger partial charge in [0.2, 0.25) is 5.95 Å². The van der Waals surface area contributed by atoms with Crippen molar-refractivity contribution in [2.45, 2.75) is 31.0 Å². The van der Waals surface area contributed by atoms with Gasteiger partial charge in [0.1, 0.15) is 17.0 Å². The van der Waals surface area contributed by atoms with E-state index < -0.39 is 0 Å². The molecule has 0 aliphatic carbocycles. The number of carbonyl (C=O) groups is 1. The highest BCUT2D eigenvalue weighted by Crippen LogP contribution is 2.46. The SMILES string of the molecule is C=CC(=O)C[C@H]1CN(C2COC2)C[C@H]1Nc1ncc2cc(-c3c(Cl)c(OC)cc(OC)c3Cl)nc(NC3CCOC3)c2n1. The first-order valence-electron chi connectivity index (χ1n) is 14.2. The van der Waals surface area contributed by atoms with Crippen LogP contribution in [0.5, 0.6) is 11.5 Å². The minimum Gasteiger partial charge on any atom is -0.495 e. The summed E-state index contributed by atoms with van der Waals surface area (Å²) >= 11 is 13.5. The number of ketones is 1. The molecule has 3 aliphatic rings. The molecule has 3 fully saturated rings. The van der Waals surface area contributed by atoms with Crippen molar-refractivity contribution in [1.29, 1.82) is 0 Å². The molecule has 2 aromatic heterocycles. The third kappa shape index (κ3) is 6.09. The van der Waals surface area contributed by atoms with Crippen molar-refractivity contribution >= 4 is 51.7 Å². The van der Waals surface area contributed by atoms with Gasteiger partial charge in [-0.2, -0.15) is 0 Å². The molecular weight excluding hydrogens is 595 g/mol. The lowest BCUT2D eigenvalue weighted by Gasteiger charge is -2.34. The van der Waals surface area contributed by atoms with Gasteiger partial charge in [0.15, 0.2) is 11.6 Å². The highest BCUT2D eigenvalue weighted by atomic mass is 35.5. The fourth-order valence-corrected chi connectivity index (χ4v) is 6.50. The second kappa shape index (κ2) is 12.8. The maximum absolute atomic E-state index is 12.3. The molecule has 0 saturated carbocycles. The van der Waals surface area contributed by atoms with E-state index in [2.05, 4.69) is 27.1 Å². The number of hydrogen-bond acceptors (Lipinski definition) is 11. The number of rotatable bonds is 11. The van der Waals surface area contributed by atoms with Crippen molar-refractivity contribution < 1.29 is 23.7 Å². The molecular formula is C30H34Cl2N6O5. The van der Waals surface area contributed by atoms with Crippen LogP contribution in [0.2, 0.25) is 10.0 Å². The molecule has 0 amide bonds. The highest BCUT2D eigenvalue weighted by Gasteiger charge is 2.39. The first kappa shape index (κ1) is 29.8. The second-order valence-electron chi connectivity index (χ2n) is 11.0. The van der Waals surface area contributed by atoms with Crippen LogP contribution in [-0.4, -0.2) is 97.5 Å². The monoisotopic (exact) mass is 628 g/mol. The van der Waals surface area contributed by atoms with Crippen molar-refractivity contribution in [2.24, 2.45) is 5.92 Å². The van der Waals surface area contributed by atoms with Gasteiger partial charge in [0, 0.05) is 61.3 Å². The normalized spacial score (nSPS) is 22.4. The van der Waals surface area contributed by atoms with Crippen molar-refractivity contribution in [3.63, 3.8) is 0 Å². The predicted octanol–water partition coefficient (Wildman–Crippen LogP) is 4.47. The smallest absolute Gasteiger partial charge is 0.223 e. The molecule has 3 atom stereocenters. The third-order valence-electron chi connectivity index (χ3n) is 8.28. The number of carbonyl (C=O) groups excluding carboxylic acids is 1. The number of hydrogen-bond donors (Lipinski definition) is 2. The summed E-state index contributed by atoms with van der Waals surface area (Å²) < 4.78 is 22.0. The summed E-state index contributed by atoms with van der Waals surface area (Å²) in [5, 5.41) is 8.40. The molecule has 0 spiro atoms. The first-order valence-corrected chi connectivity index (χ1v) is 15.0. The summed E-state index contributed by atoms with van der Waals surface area (Å²) in [5.41, 5.74) is 1.63. The fourth-order valence-electron chi connectivity index (χ4n) is 5.80. The number of halogens is 2. The Morgan fingerprint density at radius 1 is 1.09 bits per heavy atom. The number of pyridine rings is 1. The van der Waals surface area contributed by atoms with Gasteiger partial charge < -0.3 is 29.6 Å². The molecule has 228 valence electrons. The molecule has 0 bridgehead atoms. The molecule has 1 aromatic carbocycles. The summed E-state index contributed by atoms with van der Waals surface area (Å²) in [4.78, 5) is 29.2. The molecule has 2 N–H and O–H groups in total. The number of aromatic nitrogens is 3. The Labute approximate surface area is 259 Å². The van der Waals surface area contributed by atoms with Crippen molar-refractivity contribution in [3.8, 4) is 22.8 Å². The Morgan fingerprint density at radius 2 is 1.86 bits per heavy atom. The molecule has 3 aromatic rings. The standard InChI is InChI=1S/C30H34Cl2N6O5/c1-4-20(39)7-17-11-38(19-14-43-15-19)12-22(17)36-30-33-10-16-8-21(25-26(31)23(40-2)9-24(41-3)27(25)32)35-29(28(16)37-30)34-18-5-6-42-13-18/h4,8-10,17-19,22H,1,5-7,11-15H2,2-3H3,(H,34,35)(H,33,36,37)/t17-,18?,22+/m0/s1. The predicted molar refractivity (Wildman–Crippen MR) is 166 cm³/mol. The van der Waals surface area contributed by atoms with Gasteiger partial charge in [-0.1, -0.05) is 29.8 Å². The van der Waals surface area contributed by atoms with E-state index in [4.69, 9.17) is 52.1 Å². The van der Waals surface area contributed by atoms with E-state index in [1.165, 1.54) is 20.3 Å². The largest absolute Gasteiger partial charge is 0.495 e. The van der Waals surface area contributed by atoms with Gasteiger partial charge in [-0.15, -0.1) is 0 Å². The van der Waals surface area contributed by atoms with E-state index in [-0.39, 0.29) is 23.8 Å². The number of anilines is 2. The average Bonchev–Trinajstić information content (AvgIpc) is 3.62. The number of fused-ring (bicyclic) bond motifs is 1. The van der Waals surface area contributed by atoms with E-state index in [1.807, 2.05) is 6.07 Å². The summed E-state index contributed by atoms with van der Waals surface area (Å²) in [7, 11) is 3.06. The Hall–Kier alpha value is -3.22. The quantitative estimate of drug-likeness (QED) is 0.293. The van der Waals surface area contributed by atoms with Crippen LogP contribution in [0.4, 0.5) is 11.8 Å². The zero-order valence-corrected chi connectivity index (χ0v) is 25.6. The Kier molecular flexibility index (Phi) is 8.88. The van der Waals surface area contributed by atoms with Gasteiger partial charge in [-0.05, 0) is 18.6 Å². The van der Waals surface area contributed by atoms with Crippen LogP contribution in [0.3, 0.4) is 0 Å². The lowest BCUT2D eigenvalue weighted by atomic mass is 9.97. The van der Waals surface area contributed by atoms with E-state index in [0.29, 0.717) is 89.0 Å². The van der Waals surface area contributed by atoms with Crippen molar-refractivity contribution in [1.82, 2.24) is 19.9 Å². The zero-order valence-electron chi connectivity index (χ0n) is 24.1. The number of nitrogens with zero attached hydrogens (tertiary/aromatic N) is 4. The molecule has 6 rings (SSSR count). The molecule has 13 heteroatoms. The lowest BCUT2D eigenvalue weighted by Crippen LogP contribution is -2.48. The molecule has 0 radical (unpaired) electrons. The molecule has 3 saturated heterocycles.